The van der Waals surface area contributed by atoms with E-state index in [-0.39, 0.29) is 64.1 Å². The summed E-state index contributed by atoms with van der Waals surface area (Å²) in [5, 5.41) is 5.53. The number of carbonyl (C=O) groups is 6. The minimum Gasteiger partial charge on any atom is -0.465 e. The number of likely N-dealkylation sites (tertiary alicyclic amines) is 2. The molecule has 0 atom stereocenters. The predicted octanol–water partition coefficient (Wildman–Crippen LogP) is 0.463. The van der Waals surface area contributed by atoms with Gasteiger partial charge in [0.2, 0.25) is 0 Å². The molecule has 2 aliphatic heterocycles. The molecule has 0 aromatic rings. The van der Waals surface area contributed by atoms with Crippen molar-refractivity contribution in [3.8, 4) is 0 Å². The molecule has 13 heteroatoms. The molecule has 0 unspecified atom stereocenters. The molecule has 2 rings (SSSR count). The standard InChI is InChI=1S/2C13H20N2O4.Ni/c2*1-6-19-9(16)7-14-8(2)10-11(17)13(3,4)15(5)12(10)18;/h2*14H,6-7H2,1-5H3;/b2*10-8-;. The second-order valence-electron chi connectivity index (χ2n) is 9.82. The number of allylic oxidation sites excluding steroid dienone is 2. The number of rotatable bonds is 8. The molecule has 2 N–H and O–H groups in total. The van der Waals surface area contributed by atoms with Gasteiger partial charge in [0.15, 0.2) is 11.6 Å². The topological polar surface area (TPSA) is 151 Å². The average Bonchev–Trinajstić information content (AvgIpc) is 3.09. The van der Waals surface area contributed by atoms with E-state index in [0.717, 1.165) is 0 Å². The molecule has 2 amide bonds. The molecule has 0 spiro atoms. The Labute approximate surface area is 239 Å². The van der Waals surface area contributed by atoms with Crippen LogP contribution >= 0.6 is 0 Å². The fraction of sp³-hybridized carbons (Fsp3) is 0.615. The van der Waals surface area contributed by atoms with Crippen LogP contribution in [0, 0.1) is 0 Å². The van der Waals surface area contributed by atoms with Gasteiger partial charge in [0.05, 0.1) is 13.2 Å². The summed E-state index contributed by atoms with van der Waals surface area (Å²) < 4.78 is 9.53. The Morgan fingerprint density at radius 2 is 0.974 bits per heavy atom. The van der Waals surface area contributed by atoms with Gasteiger partial charge in [-0.05, 0) is 55.4 Å². The van der Waals surface area contributed by atoms with Crippen molar-refractivity contribution >= 4 is 35.3 Å². The first-order valence-corrected chi connectivity index (χ1v) is 12.3. The maximum Gasteiger partial charge on any atom is 0.325 e. The van der Waals surface area contributed by atoms with Crippen molar-refractivity contribution in [3.63, 3.8) is 0 Å². The van der Waals surface area contributed by atoms with Crippen molar-refractivity contribution in [2.75, 3.05) is 40.4 Å². The quantitative estimate of drug-likeness (QED) is 0.175. The number of esters is 2. The third kappa shape index (κ3) is 7.91. The van der Waals surface area contributed by atoms with E-state index in [1.807, 2.05) is 0 Å². The number of Topliss-reactive ketones (excluding diaryl/α,β-unsaturated/α-hetero) is 2. The minimum atomic E-state index is -0.848. The normalized spacial score (nSPS) is 20.1. The number of ketones is 2. The third-order valence-electron chi connectivity index (χ3n) is 6.64. The van der Waals surface area contributed by atoms with Crippen LogP contribution in [0.5, 0.6) is 0 Å². The first-order chi connectivity index (χ1) is 17.5. The summed E-state index contributed by atoms with van der Waals surface area (Å²) in [6.45, 7) is 13.9. The van der Waals surface area contributed by atoms with E-state index in [4.69, 9.17) is 9.47 Å². The number of nitrogens with one attached hydrogen (secondary N) is 2. The summed E-state index contributed by atoms with van der Waals surface area (Å²) in [5.74, 6) is -1.99. The van der Waals surface area contributed by atoms with Crippen LogP contribution in [0.15, 0.2) is 22.5 Å². The summed E-state index contributed by atoms with van der Waals surface area (Å²) in [5.41, 5.74) is -0.673. The van der Waals surface area contributed by atoms with Gasteiger partial charge in [0.25, 0.3) is 11.8 Å². The monoisotopic (exact) mass is 594 g/mol. The zero-order valence-corrected chi connectivity index (χ0v) is 25.3. The van der Waals surface area contributed by atoms with Crippen molar-refractivity contribution in [3.05, 3.63) is 22.5 Å². The van der Waals surface area contributed by atoms with E-state index in [1.54, 1.807) is 69.5 Å². The van der Waals surface area contributed by atoms with Gasteiger partial charge >= 0.3 is 11.9 Å². The van der Waals surface area contributed by atoms with Gasteiger partial charge in [0, 0.05) is 42.0 Å². The molecule has 12 nitrogen and oxygen atoms in total. The van der Waals surface area contributed by atoms with Gasteiger partial charge in [-0.2, -0.15) is 0 Å². The molecule has 2 saturated heterocycles. The molecule has 2 aliphatic rings. The summed E-state index contributed by atoms with van der Waals surface area (Å²) in [7, 11) is 3.18. The van der Waals surface area contributed by atoms with E-state index in [1.165, 1.54) is 9.80 Å². The van der Waals surface area contributed by atoms with Crippen molar-refractivity contribution in [2.45, 2.75) is 66.5 Å². The smallest absolute Gasteiger partial charge is 0.325 e. The van der Waals surface area contributed by atoms with Crippen molar-refractivity contribution in [1.29, 1.82) is 0 Å². The summed E-state index contributed by atoms with van der Waals surface area (Å²) in [4.78, 5) is 73.7. The number of likely N-dealkylation sites (N-methyl/N-ethyl adjacent to an activating group) is 2. The van der Waals surface area contributed by atoms with E-state index in [9.17, 15) is 28.8 Å². The molecule has 0 bridgehead atoms. The van der Waals surface area contributed by atoms with Crippen LogP contribution in [0.25, 0.3) is 0 Å². The molecule has 0 aromatic carbocycles. The van der Waals surface area contributed by atoms with Crippen LogP contribution in [0.1, 0.15) is 55.4 Å². The van der Waals surface area contributed by atoms with Gasteiger partial charge in [-0.25, -0.2) is 0 Å². The Kier molecular flexibility index (Phi) is 13.1. The second kappa shape index (κ2) is 14.3. The summed E-state index contributed by atoms with van der Waals surface area (Å²) in [6.07, 6.45) is 0. The number of amides is 2. The summed E-state index contributed by atoms with van der Waals surface area (Å²) in [6, 6.07) is 0. The van der Waals surface area contributed by atoms with Crippen molar-refractivity contribution < 1.29 is 54.7 Å². The zero-order valence-electron chi connectivity index (χ0n) is 24.3. The maximum atomic E-state index is 12.2. The molecule has 2 fully saturated rings. The van der Waals surface area contributed by atoms with E-state index in [0.29, 0.717) is 24.6 Å². The van der Waals surface area contributed by atoms with E-state index < -0.39 is 23.0 Å². The van der Waals surface area contributed by atoms with Crippen LogP contribution in [-0.2, 0) is 54.7 Å². The number of hydrogen-bond acceptors (Lipinski definition) is 10. The molecule has 2 heterocycles. The summed E-state index contributed by atoms with van der Waals surface area (Å²) >= 11 is 0. The number of ether oxygens (including phenoxy) is 2. The van der Waals surface area contributed by atoms with Crippen molar-refractivity contribution in [1.82, 2.24) is 20.4 Å². The molecule has 39 heavy (non-hydrogen) atoms. The number of carbonyl (C=O) groups excluding carboxylic acids is 6. The fourth-order valence-corrected chi connectivity index (χ4v) is 3.63. The van der Waals surface area contributed by atoms with Crippen LogP contribution < -0.4 is 10.6 Å². The predicted molar refractivity (Wildman–Crippen MR) is 138 cm³/mol. The first-order valence-electron chi connectivity index (χ1n) is 12.3. The van der Waals surface area contributed by atoms with Crippen LogP contribution in [0.3, 0.4) is 0 Å². The Morgan fingerprint density at radius 3 is 1.18 bits per heavy atom. The van der Waals surface area contributed by atoms with Crippen LogP contribution in [0.2, 0.25) is 0 Å². The number of hydrogen-bond donors (Lipinski definition) is 2. The molecule has 0 aliphatic carbocycles. The molecular formula is C26H40N4NiO8. The SMILES string of the molecule is CCOC(=O)CN/C(C)=C1\C(=O)N(C)C(C)(C)C1=O.CCOC(=O)CN/C(C)=C1\C(=O)N(C)C(C)(C)C1=O.[Ni]. The van der Waals surface area contributed by atoms with E-state index >= 15 is 0 Å². The molecular weight excluding hydrogens is 555 g/mol. The van der Waals surface area contributed by atoms with E-state index in [2.05, 4.69) is 10.6 Å². The first kappa shape index (κ1) is 35.8. The van der Waals surface area contributed by atoms with Gasteiger partial charge in [-0.1, -0.05) is 0 Å². The Morgan fingerprint density at radius 1 is 0.692 bits per heavy atom. The van der Waals surface area contributed by atoms with Gasteiger partial charge in [-0.3, -0.25) is 28.8 Å². The molecule has 0 aromatic heterocycles. The van der Waals surface area contributed by atoms with Crippen LogP contribution in [0.4, 0.5) is 0 Å². The Balaban J connectivity index is 0.000000722. The van der Waals surface area contributed by atoms with Gasteiger partial charge in [0.1, 0.15) is 35.3 Å². The Hall–Kier alpha value is -3.21. The average molecular weight is 595 g/mol. The van der Waals surface area contributed by atoms with Crippen LogP contribution in [-0.4, -0.2) is 96.6 Å². The fourth-order valence-electron chi connectivity index (χ4n) is 3.63. The Bertz CT molecular complexity index is 994. The second-order valence-corrected chi connectivity index (χ2v) is 9.82. The minimum absolute atomic E-state index is 0. The van der Waals surface area contributed by atoms with Gasteiger partial charge in [-0.15, -0.1) is 0 Å². The third-order valence-corrected chi connectivity index (χ3v) is 6.64. The zero-order chi connectivity index (χ0) is 29.6. The van der Waals surface area contributed by atoms with Gasteiger partial charge < -0.3 is 29.9 Å². The largest absolute Gasteiger partial charge is 0.465 e. The number of nitrogens with zero attached hydrogens (tertiary/aromatic N) is 2. The molecule has 0 radical (unpaired) electrons. The van der Waals surface area contributed by atoms with Crippen molar-refractivity contribution in [2.24, 2.45) is 0 Å². The maximum absolute atomic E-state index is 12.2. The molecule has 222 valence electrons. The molecule has 0 saturated carbocycles.